The van der Waals surface area contributed by atoms with E-state index in [0.717, 1.165) is 35.6 Å². The Morgan fingerprint density at radius 3 is 2.83 bits per heavy atom. The van der Waals surface area contributed by atoms with E-state index in [0.29, 0.717) is 6.54 Å². The molecule has 0 saturated heterocycles. The smallest absolute Gasteiger partial charge is 0.194 e. The van der Waals surface area contributed by atoms with E-state index in [1.807, 2.05) is 7.05 Å². The third-order valence-corrected chi connectivity index (χ3v) is 4.82. The molecule has 24 heavy (non-hydrogen) atoms. The van der Waals surface area contributed by atoms with Crippen LogP contribution in [0.5, 0.6) is 0 Å². The van der Waals surface area contributed by atoms with Crippen molar-refractivity contribution in [1.82, 2.24) is 19.8 Å². The zero-order valence-corrected chi connectivity index (χ0v) is 15.9. The lowest BCUT2D eigenvalue weighted by molar-refractivity contribution is 0.476. The Balaban J connectivity index is 1.58. The van der Waals surface area contributed by atoms with Crippen molar-refractivity contribution in [2.24, 2.45) is 4.99 Å². The molecule has 0 amide bonds. The van der Waals surface area contributed by atoms with Gasteiger partial charge in [0.15, 0.2) is 5.96 Å². The Hall–Kier alpha value is -1.82. The number of aromatic nitrogens is 2. The van der Waals surface area contributed by atoms with Crippen LogP contribution in [0.1, 0.15) is 29.9 Å². The van der Waals surface area contributed by atoms with Crippen molar-refractivity contribution in [1.29, 1.82) is 0 Å². The van der Waals surface area contributed by atoms with Crippen LogP contribution in [-0.2, 0) is 26.1 Å². The van der Waals surface area contributed by atoms with Gasteiger partial charge < -0.3 is 14.8 Å². The summed E-state index contributed by atoms with van der Waals surface area (Å²) in [6.07, 6.45) is 5.77. The maximum atomic E-state index is 4.73. The van der Waals surface area contributed by atoms with Gasteiger partial charge in [0.2, 0.25) is 0 Å². The SMILES string of the molecule is CN=C(NCc1cn2c(n1)CCCC2)N(C)Cc1ccc(Br)cc1. The number of fused-ring (bicyclic) bond motifs is 1. The van der Waals surface area contributed by atoms with Crippen molar-refractivity contribution in [3.8, 4) is 0 Å². The molecule has 0 aliphatic carbocycles. The summed E-state index contributed by atoms with van der Waals surface area (Å²) in [5, 5.41) is 3.42. The molecule has 0 unspecified atom stereocenters. The number of nitrogens with zero attached hydrogens (tertiary/aromatic N) is 4. The minimum Gasteiger partial charge on any atom is -0.351 e. The van der Waals surface area contributed by atoms with Gasteiger partial charge in [-0.3, -0.25) is 4.99 Å². The first-order valence-corrected chi connectivity index (χ1v) is 9.16. The lowest BCUT2D eigenvalue weighted by atomic mass is 10.2. The summed E-state index contributed by atoms with van der Waals surface area (Å²) in [5.41, 5.74) is 2.34. The number of imidazole rings is 1. The molecule has 0 bridgehead atoms. The summed E-state index contributed by atoms with van der Waals surface area (Å²) in [7, 11) is 3.87. The Kier molecular flexibility index (Phi) is 5.56. The summed E-state index contributed by atoms with van der Waals surface area (Å²) in [4.78, 5) is 11.2. The number of benzene rings is 1. The molecule has 1 N–H and O–H groups in total. The molecule has 0 radical (unpaired) electrons. The van der Waals surface area contributed by atoms with Crippen LogP contribution in [0.15, 0.2) is 39.9 Å². The fraction of sp³-hybridized carbons (Fsp3) is 0.444. The van der Waals surface area contributed by atoms with E-state index in [4.69, 9.17) is 4.98 Å². The van der Waals surface area contributed by atoms with Gasteiger partial charge in [-0.25, -0.2) is 4.98 Å². The number of hydrogen-bond donors (Lipinski definition) is 1. The third-order valence-electron chi connectivity index (χ3n) is 4.29. The number of halogens is 1. The van der Waals surface area contributed by atoms with Gasteiger partial charge >= 0.3 is 0 Å². The zero-order valence-electron chi connectivity index (χ0n) is 14.3. The average molecular weight is 390 g/mol. The van der Waals surface area contributed by atoms with Crippen molar-refractivity contribution in [2.45, 2.75) is 38.9 Å². The lowest BCUT2D eigenvalue weighted by Gasteiger charge is -2.22. The first-order chi connectivity index (χ1) is 11.7. The first-order valence-electron chi connectivity index (χ1n) is 8.37. The highest BCUT2D eigenvalue weighted by Crippen LogP contribution is 2.15. The number of rotatable bonds is 4. The maximum Gasteiger partial charge on any atom is 0.194 e. The lowest BCUT2D eigenvalue weighted by Crippen LogP contribution is -2.38. The first kappa shape index (κ1) is 17.0. The summed E-state index contributed by atoms with van der Waals surface area (Å²) in [6, 6.07) is 8.37. The number of aliphatic imine (C=N–C) groups is 1. The molecule has 1 aromatic carbocycles. The number of hydrogen-bond acceptors (Lipinski definition) is 2. The van der Waals surface area contributed by atoms with Crippen molar-refractivity contribution < 1.29 is 0 Å². The quantitative estimate of drug-likeness (QED) is 0.644. The van der Waals surface area contributed by atoms with Crippen molar-refractivity contribution in [2.75, 3.05) is 14.1 Å². The summed E-state index contributed by atoms with van der Waals surface area (Å²) in [5.74, 6) is 2.10. The molecule has 128 valence electrons. The molecule has 2 heterocycles. The van der Waals surface area contributed by atoms with Gasteiger partial charge in [0.1, 0.15) is 5.82 Å². The summed E-state index contributed by atoms with van der Waals surface area (Å²) >= 11 is 3.47. The fourth-order valence-electron chi connectivity index (χ4n) is 3.05. The van der Waals surface area contributed by atoms with Crippen LogP contribution < -0.4 is 5.32 Å². The molecular weight excluding hydrogens is 366 g/mol. The largest absolute Gasteiger partial charge is 0.351 e. The maximum absolute atomic E-state index is 4.73. The monoisotopic (exact) mass is 389 g/mol. The summed E-state index contributed by atoms with van der Waals surface area (Å²) in [6.45, 7) is 2.62. The van der Waals surface area contributed by atoms with Gasteiger partial charge in [0.25, 0.3) is 0 Å². The predicted molar refractivity (Wildman–Crippen MR) is 101 cm³/mol. The molecule has 6 heteroatoms. The van der Waals surface area contributed by atoms with Crippen LogP contribution in [0.3, 0.4) is 0 Å². The van der Waals surface area contributed by atoms with Gasteiger partial charge in [0, 0.05) is 44.3 Å². The minimum absolute atomic E-state index is 0.706. The van der Waals surface area contributed by atoms with Crippen molar-refractivity contribution in [3.05, 3.63) is 52.0 Å². The third kappa shape index (κ3) is 4.17. The van der Waals surface area contributed by atoms with Gasteiger partial charge in [0.05, 0.1) is 12.2 Å². The second-order valence-corrected chi connectivity index (χ2v) is 7.10. The fourth-order valence-corrected chi connectivity index (χ4v) is 3.31. The van der Waals surface area contributed by atoms with Crippen LogP contribution in [0.2, 0.25) is 0 Å². The Morgan fingerprint density at radius 2 is 2.12 bits per heavy atom. The topological polar surface area (TPSA) is 45.5 Å². The van der Waals surface area contributed by atoms with Crippen LogP contribution in [0.4, 0.5) is 0 Å². The number of guanidine groups is 1. The number of aryl methyl sites for hydroxylation is 2. The van der Waals surface area contributed by atoms with E-state index in [1.54, 1.807) is 0 Å². The van der Waals surface area contributed by atoms with E-state index in [2.05, 4.69) is 73.2 Å². The van der Waals surface area contributed by atoms with Crippen LogP contribution >= 0.6 is 15.9 Å². The molecule has 1 aliphatic heterocycles. The van der Waals surface area contributed by atoms with Gasteiger partial charge in [-0.1, -0.05) is 28.1 Å². The standard InChI is InChI=1S/C18H24BrN5/c1-20-18(23(2)12-14-6-8-15(19)9-7-14)21-11-16-13-24-10-4-3-5-17(24)22-16/h6-9,13H,3-5,10-12H2,1-2H3,(H,20,21). The molecule has 3 rings (SSSR count). The van der Waals surface area contributed by atoms with Crippen molar-refractivity contribution >= 4 is 21.9 Å². The molecule has 5 nitrogen and oxygen atoms in total. The van der Waals surface area contributed by atoms with Gasteiger partial charge in [-0.15, -0.1) is 0 Å². The Labute approximate surface area is 151 Å². The second-order valence-electron chi connectivity index (χ2n) is 6.18. The normalized spacial score (nSPS) is 14.4. The minimum atomic E-state index is 0.706. The van der Waals surface area contributed by atoms with E-state index in [9.17, 15) is 0 Å². The molecule has 1 aliphatic rings. The predicted octanol–water partition coefficient (Wildman–Crippen LogP) is 3.19. The molecule has 0 fully saturated rings. The van der Waals surface area contributed by atoms with E-state index in [-0.39, 0.29) is 0 Å². The molecular formula is C18H24BrN5. The second kappa shape index (κ2) is 7.83. The molecule has 0 spiro atoms. The highest BCUT2D eigenvalue weighted by molar-refractivity contribution is 9.10. The van der Waals surface area contributed by atoms with Gasteiger partial charge in [-0.05, 0) is 30.5 Å². The van der Waals surface area contributed by atoms with E-state index >= 15 is 0 Å². The molecule has 0 atom stereocenters. The average Bonchev–Trinajstić information content (AvgIpc) is 3.00. The van der Waals surface area contributed by atoms with Crippen LogP contribution in [0.25, 0.3) is 0 Å². The van der Waals surface area contributed by atoms with E-state index in [1.165, 1.54) is 24.2 Å². The molecule has 0 saturated carbocycles. The van der Waals surface area contributed by atoms with Gasteiger partial charge in [-0.2, -0.15) is 0 Å². The van der Waals surface area contributed by atoms with Crippen molar-refractivity contribution in [3.63, 3.8) is 0 Å². The summed E-state index contributed by atoms with van der Waals surface area (Å²) < 4.78 is 3.38. The molecule has 2 aromatic rings. The Morgan fingerprint density at radius 1 is 1.33 bits per heavy atom. The zero-order chi connectivity index (χ0) is 16.9. The molecule has 1 aromatic heterocycles. The van der Waals surface area contributed by atoms with Crippen LogP contribution in [0, 0.1) is 0 Å². The Bertz CT molecular complexity index is 681. The number of nitrogens with one attached hydrogen (secondary N) is 1. The highest BCUT2D eigenvalue weighted by atomic mass is 79.9. The van der Waals surface area contributed by atoms with Crippen LogP contribution in [-0.4, -0.2) is 34.5 Å². The van der Waals surface area contributed by atoms with E-state index < -0.39 is 0 Å². The highest BCUT2D eigenvalue weighted by Gasteiger charge is 2.13.